The Morgan fingerprint density at radius 1 is 1.19 bits per heavy atom. The molecule has 5 rings (SSSR count). The molecular weight excluding hydrogens is 446 g/mol. The van der Waals surface area contributed by atoms with Crippen LogP contribution in [0, 0.1) is 13.8 Å². The molecule has 0 aliphatic carbocycles. The molecule has 1 unspecified atom stereocenters. The van der Waals surface area contributed by atoms with Gasteiger partial charge in [-0.2, -0.15) is 0 Å². The first kappa shape index (κ1) is 20.8. The molecule has 164 valence electrons. The van der Waals surface area contributed by atoms with Crippen molar-refractivity contribution in [3.8, 4) is 22.3 Å². The average molecular weight is 468 g/mol. The van der Waals surface area contributed by atoms with E-state index in [0.29, 0.717) is 29.8 Å². The second-order valence-electron chi connectivity index (χ2n) is 7.46. The minimum Gasteiger partial charge on any atom is -0.486 e. The number of nitrogens with zero attached hydrogens (tertiary/aromatic N) is 3. The zero-order valence-corrected chi connectivity index (χ0v) is 19.2. The molecule has 1 atom stereocenters. The van der Waals surface area contributed by atoms with Gasteiger partial charge < -0.3 is 18.5 Å². The van der Waals surface area contributed by atoms with Crippen molar-refractivity contribution in [2.75, 3.05) is 12.4 Å². The van der Waals surface area contributed by atoms with Crippen LogP contribution in [0.5, 0.6) is 11.5 Å². The van der Waals surface area contributed by atoms with Gasteiger partial charge in [-0.1, -0.05) is 30.0 Å². The molecule has 1 aliphatic heterocycles. The Bertz CT molecular complexity index is 1250. The number of rotatable bonds is 7. The van der Waals surface area contributed by atoms with Crippen molar-refractivity contribution in [2.24, 2.45) is 0 Å². The smallest absolute Gasteiger partial charge is 0.277 e. The maximum Gasteiger partial charge on any atom is 0.277 e. The molecule has 0 radical (unpaired) electrons. The van der Waals surface area contributed by atoms with Crippen molar-refractivity contribution in [1.82, 2.24) is 14.8 Å². The summed E-state index contributed by atoms with van der Waals surface area (Å²) in [7, 11) is 0. The summed E-state index contributed by atoms with van der Waals surface area (Å²) in [5, 5.41) is 10.4. The molecule has 1 aromatic carbocycles. The summed E-state index contributed by atoms with van der Waals surface area (Å²) in [4.78, 5) is 13.8. The zero-order chi connectivity index (χ0) is 22.1. The third kappa shape index (κ3) is 4.18. The van der Waals surface area contributed by atoms with Crippen molar-refractivity contribution in [1.29, 1.82) is 0 Å². The van der Waals surface area contributed by atoms with Gasteiger partial charge >= 0.3 is 0 Å². The number of carbonyl (C=O) groups is 1. The summed E-state index contributed by atoms with van der Waals surface area (Å²) in [6, 6.07) is 13.4. The predicted molar refractivity (Wildman–Crippen MR) is 123 cm³/mol. The molecule has 0 saturated heterocycles. The summed E-state index contributed by atoms with van der Waals surface area (Å²) in [6.45, 7) is 5.04. The average Bonchev–Trinajstić information content (AvgIpc) is 3.55. The lowest BCUT2D eigenvalue weighted by Gasteiger charge is -2.27. The third-order valence-electron chi connectivity index (χ3n) is 5.29. The van der Waals surface area contributed by atoms with E-state index in [9.17, 15) is 4.79 Å². The highest BCUT2D eigenvalue weighted by molar-refractivity contribution is 7.99. The van der Waals surface area contributed by atoms with E-state index in [2.05, 4.69) is 14.8 Å². The van der Waals surface area contributed by atoms with Gasteiger partial charge in [-0.15, -0.1) is 21.5 Å². The second-order valence-corrected chi connectivity index (χ2v) is 9.33. The highest BCUT2D eigenvalue weighted by Crippen LogP contribution is 2.32. The molecule has 9 heteroatoms. The molecule has 1 aliphatic rings. The van der Waals surface area contributed by atoms with Crippen LogP contribution in [0.2, 0.25) is 0 Å². The Kier molecular flexibility index (Phi) is 5.75. The van der Waals surface area contributed by atoms with Crippen molar-refractivity contribution in [2.45, 2.75) is 31.7 Å². The topological polar surface area (TPSA) is 79.4 Å². The van der Waals surface area contributed by atoms with Gasteiger partial charge in [0.15, 0.2) is 23.4 Å². The van der Waals surface area contributed by atoms with Gasteiger partial charge in [-0.05, 0) is 43.5 Å². The van der Waals surface area contributed by atoms with Crippen LogP contribution in [-0.2, 0) is 6.54 Å². The van der Waals surface area contributed by atoms with E-state index in [-0.39, 0.29) is 17.6 Å². The zero-order valence-electron chi connectivity index (χ0n) is 17.6. The van der Waals surface area contributed by atoms with Gasteiger partial charge in [0.05, 0.1) is 17.2 Å². The number of Topliss-reactive ketones (excluding diaryl/α,β-unsaturated/α-hetero) is 1. The normalized spacial score (nSPS) is 15.1. The number of ether oxygens (including phenoxy) is 2. The Balaban J connectivity index is 1.24. The van der Waals surface area contributed by atoms with Crippen molar-refractivity contribution in [3.63, 3.8) is 0 Å². The first-order valence-corrected chi connectivity index (χ1v) is 12.0. The molecular formula is C23H21N3O4S2. The summed E-state index contributed by atoms with van der Waals surface area (Å²) in [6.07, 6.45) is -0.124. The van der Waals surface area contributed by atoms with Crippen LogP contribution in [-0.4, -0.2) is 39.0 Å². The number of hydrogen-bond acceptors (Lipinski definition) is 8. The molecule has 0 amide bonds. The molecule has 4 heterocycles. The van der Waals surface area contributed by atoms with Gasteiger partial charge in [-0.3, -0.25) is 4.79 Å². The van der Waals surface area contributed by atoms with E-state index < -0.39 is 0 Å². The van der Waals surface area contributed by atoms with Crippen LogP contribution in [0.3, 0.4) is 0 Å². The Hall–Kier alpha value is -3.04. The van der Waals surface area contributed by atoms with Gasteiger partial charge in [-0.25, -0.2) is 0 Å². The number of thioether (sulfide) groups is 1. The van der Waals surface area contributed by atoms with E-state index in [1.807, 2.05) is 61.7 Å². The standard InChI is InChI=1S/C23H21N3O4S2/c1-14-10-17(18(27)13-32-23-25-24-22(30-23)21-8-5-9-31-21)15(2)26(14)11-16-12-28-19-6-3-4-7-20(19)29-16/h3-10,16H,11-13H2,1-2H3. The Labute approximate surface area is 193 Å². The number of carbonyl (C=O) groups excluding carboxylic acids is 1. The van der Waals surface area contributed by atoms with Crippen molar-refractivity contribution >= 4 is 28.9 Å². The number of para-hydroxylation sites is 2. The van der Waals surface area contributed by atoms with Gasteiger partial charge in [0.1, 0.15) is 6.61 Å². The molecule has 0 fully saturated rings. The minimum atomic E-state index is -0.124. The lowest BCUT2D eigenvalue weighted by atomic mass is 10.2. The molecule has 0 saturated carbocycles. The number of fused-ring (bicyclic) bond motifs is 1. The van der Waals surface area contributed by atoms with Crippen LogP contribution in [0.25, 0.3) is 10.8 Å². The first-order chi connectivity index (χ1) is 15.6. The Morgan fingerprint density at radius 3 is 2.84 bits per heavy atom. The number of thiophene rings is 1. The highest BCUT2D eigenvalue weighted by atomic mass is 32.2. The molecule has 0 bridgehead atoms. The quantitative estimate of drug-likeness (QED) is 0.278. The molecule has 0 N–H and O–H groups in total. The largest absolute Gasteiger partial charge is 0.486 e. The highest BCUT2D eigenvalue weighted by Gasteiger charge is 2.24. The summed E-state index contributed by atoms with van der Waals surface area (Å²) < 4.78 is 19.7. The number of aromatic nitrogens is 3. The fraction of sp³-hybridized carbons (Fsp3) is 0.261. The molecule has 3 aromatic heterocycles. The minimum absolute atomic E-state index is 0.0244. The summed E-state index contributed by atoms with van der Waals surface area (Å²) in [5.41, 5.74) is 2.63. The fourth-order valence-electron chi connectivity index (χ4n) is 3.69. The second kappa shape index (κ2) is 8.84. The molecule has 4 aromatic rings. The lowest BCUT2D eigenvalue weighted by Crippen LogP contribution is -2.33. The summed E-state index contributed by atoms with van der Waals surface area (Å²) >= 11 is 2.79. The van der Waals surface area contributed by atoms with Gasteiger partial charge in [0.25, 0.3) is 11.1 Å². The summed E-state index contributed by atoms with van der Waals surface area (Å²) in [5.74, 6) is 2.24. The fourth-order valence-corrected chi connectivity index (χ4v) is 4.98. The van der Waals surface area contributed by atoms with Crippen molar-refractivity contribution < 1.29 is 18.7 Å². The molecule has 0 spiro atoms. The van der Waals surface area contributed by atoms with E-state index >= 15 is 0 Å². The van der Waals surface area contributed by atoms with Crippen molar-refractivity contribution in [3.05, 3.63) is 64.8 Å². The third-order valence-corrected chi connectivity index (χ3v) is 6.97. The van der Waals surface area contributed by atoms with E-state index in [0.717, 1.165) is 27.8 Å². The maximum atomic E-state index is 12.9. The maximum absolute atomic E-state index is 12.9. The number of benzene rings is 1. The van der Waals surface area contributed by atoms with E-state index in [4.69, 9.17) is 13.9 Å². The van der Waals surface area contributed by atoms with E-state index in [1.165, 1.54) is 23.1 Å². The van der Waals surface area contributed by atoms with E-state index in [1.54, 1.807) is 0 Å². The van der Waals surface area contributed by atoms with Crippen LogP contribution >= 0.6 is 23.1 Å². The number of ketones is 1. The predicted octanol–water partition coefficient (Wildman–Crippen LogP) is 5.03. The Morgan fingerprint density at radius 2 is 2.03 bits per heavy atom. The van der Waals surface area contributed by atoms with Crippen LogP contribution in [0.15, 0.2) is 57.5 Å². The monoisotopic (exact) mass is 467 g/mol. The lowest BCUT2D eigenvalue weighted by molar-refractivity contribution is 0.0777. The number of hydrogen-bond donors (Lipinski definition) is 0. The molecule has 7 nitrogen and oxygen atoms in total. The van der Waals surface area contributed by atoms with Crippen LogP contribution in [0.4, 0.5) is 0 Å². The van der Waals surface area contributed by atoms with Gasteiger partial charge in [0, 0.05) is 17.0 Å². The van der Waals surface area contributed by atoms with Crippen LogP contribution in [0.1, 0.15) is 21.7 Å². The first-order valence-electron chi connectivity index (χ1n) is 10.2. The molecule has 32 heavy (non-hydrogen) atoms. The number of aryl methyl sites for hydroxylation is 1. The van der Waals surface area contributed by atoms with Gasteiger partial charge in [0.2, 0.25) is 0 Å². The van der Waals surface area contributed by atoms with Crippen LogP contribution < -0.4 is 9.47 Å². The SMILES string of the molecule is Cc1cc(C(=O)CSc2nnc(-c3cccs3)o2)c(C)n1CC1COc2ccccc2O1.